The molecule has 0 aromatic heterocycles. The number of carboxylic acids is 1. The molecule has 5 rings (SSSR count). The number of aliphatic hydroxyl groups is 1. The second-order valence-electron chi connectivity index (χ2n) is 10.9. The number of carboxylic acid groups (broad SMARTS) is 1. The lowest BCUT2D eigenvalue weighted by Gasteiger charge is -2.57. The highest BCUT2D eigenvalue weighted by Crippen LogP contribution is 2.67. The van der Waals surface area contributed by atoms with Crippen LogP contribution in [0.2, 0.25) is 0 Å². The molecule has 0 bridgehead atoms. The van der Waals surface area contributed by atoms with Crippen LogP contribution in [0.3, 0.4) is 0 Å². The van der Waals surface area contributed by atoms with Gasteiger partial charge in [0.15, 0.2) is 5.79 Å². The predicted octanol–water partition coefficient (Wildman–Crippen LogP) is 4.62. The van der Waals surface area contributed by atoms with Gasteiger partial charge in [0.2, 0.25) is 0 Å². The first kappa shape index (κ1) is 21.4. The van der Waals surface area contributed by atoms with Gasteiger partial charge in [-0.15, -0.1) is 0 Å². The average molecular weight is 429 g/mol. The summed E-state index contributed by atoms with van der Waals surface area (Å²) in [5.41, 5.74) is 2.11. The quantitative estimate of drug-likeness (QED) is 0.639. The third-order valence-corrected chi connectivity index (χ3v) is 9.53. The number of carbonyl (C=O) groups is 1. The molecule has 5 nitrogen and oxygen atoms in total. The fraction of sp³-hybridized carbons (Fsp3) is 0.731. The highest BCUT2D eigenvalue weighted by molar-refractivity contribution is 5.67. The minimum absolute atomic E-state index is 0.0228. The van der Waals surface area contributed by atoms with Crippen molar-refractivity contribution in [3.8, 4) is 0 Å². The summed E-state index contributed by atoms with van der Waals surface area (Å²) >= 11 is 0. The first-order valence-corrected chi connectivity index (χ1v) is 12.0. The molecular weight excluding hydrogens is 392 g/mol. The molecule has 0 radical (unpaired) electrons. The number of hydrogen-bond donors (Lipinski definition) is 2. The highest BCUT2D eigenvalue weighted by Gasteiger charge is 2.64. The van der Waals surface area contributed by atoms with E-state index in [0.717, 1.165) is 38.5 Å². The number of fused-ring (bicyclic) bond motifs is 5. The minimum Gasteiger partial charge on any atom is -0.481 e. The maximum Gasteiger partial charge on any atom is 0.303 e. The summed E-state index contributed by atoms with van der Waals surface area (Å²) in [6.45, 7) is 12.3. The Balaban J connectivity index is 1.40. The van der Waals surface area contributed by atoms with Gasteiger partial charge in [0, 0.05) is 24.7 Å². The van der Waals surface area contributed by atoms with Gasteiger partial charge in [-0.05, 0) is 67.8 Å². The molecule has 1 aliphatic heterocycles. The number of allylic oxidation sites excluding steroid dienone is 2. The second kappa shape index (κ2) is 7.29. The van der Waals surface area contributed by atoms with E-state index in [-0.39, 0.29) is 11.8 Å². The van der Waals surface area contributed by atoms with Crippen molar-refractivity contribution in [3.05, 3.63) is 36.0 Å². The van der Waals surface area contributed by atoms with Gasteiger partial charge < -0.3 is 19.7 Å². The number of hydrogen-bond acceptors (Lipinski definition) is 4. The molecule has 5 aliphatic rings. The molecule has 170 valence electrons. The standard InChI is InChI=1S/C26H36O5/c1-16-14-24(3)21(9-11-26(24,29)17(2)4-7-22(27)28)20-6-5-18-15-25(30-12-13-31-25)10-8-19(18)23(16)20/h5,19-21,23,29H,1-2,4,6-15H2,3H3,(H,27,28)/t19-,20-,21-,23+,24-,26-/m0/s1. The summed E-state index contributed by atoms with van der Waals surface area (Å²) in [5, 5.41) is 20.9. The van der Waals surface area contributed by atoms with Crippen LogP contribution in [0.25, 0.3) is 0 Å². The zero-order valence-electron chi connectivity index (χ0n) is 18.7. The zero-order valence-corrected chi connectivity index (χ0v) is 18.7. The van der Waals surface area contributed by atoms with Gasteiger partial charge in [0.1, 0.15) is 0 Å². The van der Waals surface area contributed by atoms with Gasteiger partial charge in [0.05, 0.1) is 18.8 Å². The van der Waals surface area contributed by atoms with Gasteiger partial charge in [-0.25, -0.2) is 0 Å². The van der Waals surface area contributed by atoms with Crippen molar-refractivity contribution in [3.63, 3.8) is 0 Å². The molecule has 0 aromatic carbocycles. The van der Waals surface area contributed by atoms with Crippen LogP contribution in [0.4, 0.5) is 0 Å². The minimum atomic E-state index is -1.01. The second-order valence-corrected chi connectivity index (χ2v) is 10.9. The molecule has 1 heterocycles. The lowest BCUT2D eigenvalue weighted by atomic mass is 9.49. The van der Waals surface area contributed by atoms with Gasteiger partial charge >= 0.3 is 5.97 Å². The van der Waals surface area contributed by atoms with Crippen molar-refractivity contribution in [1.29, 1.82) is 0 Å². The topological polar surface area (TPSA) is 76.0 Å². The Kier molecular flexibility index (Phi) is 5.04. The third kappa shape index (κ3) is 3.11. The van der Waals surface area contributed by atoms with Crippen molar-refractivity contribution in [2.24, 2.45) is 29.1 Å². The molecule has 3 saturated carbocycles. The van der Waals surface area contributed by atoms with Crippen molar-refractivity contribution >= 4 is 5.97 Å². The molecule has 4 fully saturated rings. The Morgan fingerprint density at radius 1 is 1.19 bits per heavy atom. The molecular formula is C26H36O5. The molecule has 6 atom stereocenters. The summed E-state index contributed by atoms with van der Waals surface area (Å²) in [7, 11) is 0. The van der Waals surface area contributed by atoms with Crippen LogP contribution in [0.1, 0.15) is 64.7 Å². The Labute approximate surface area is 185 Å². The molecule has 1 spiro atoms. The molecule has 31 heavy (non-hydrogen) atoms. The molecule has 5 heteroatoms. The van der Waals surface area contributed by atoms with Crippen molar-refractivity contribution in [2.45, 2.75) is 76.1 Å². The Hall–Kier alpha value is -1.43. The van der Waals surface area contributed by atoms with Gasteiger partial charge in [0.25, 0.3) is 0 Å². The van der Waals surface area contributed by atoms with Crippen LogP contribution >= 0.6 is 0 Å². The molecule has 4 aliphatic carbocycles. The van der Waals surface area contributed by atoms with Crippen molar-refractivity contribution in [2.75, 3.05) is 13.2 Å². The highest BCUT2D eigenvalue weighted by atomic mass is 16.7. The van der Waals surface area contributed by atoms with Crippen LogP contribution in [-0.4, -0.2) is 40.8 Å². The number of aliphatic carboxylic acids is 1. The van der Waals surface area contributed by atoms with E-state index in [4.69, 9.17) is 14.6 Å². The van der Waals surface area contributed by atoms with Crippen LogP contribution in [0.5, 0.6) is 0 Å². The summed E-state index contributed by atoms with van der Waals surface area (Å²) < 4.78 is 12.0. The Morgan fingerprint density at radius 3 is 2.65 bits per heavy atom. The van der Waals surface area contributed by atoms with Crippen molar-refractivity contribution < 1.29 is 24.5 Å². The average Bonchev–Trinajstić information content (AvgIpc) is 3.28. The van der Waals surface area contributed by atoms with Gasteiger partial charge in [-0.3, -0.25) is 4.79 Å². The molecule has 1 saturated heterocycles. The maximum absolute atomic E-state index is 11.8. The molecule has 2 N–H and O–H groups in total. The summed E-state index contributed by atoms with van der Waals surface area (Å²) in [4.78, 5) is 11.1. The maximum atomic E-state index is 11.8. The largest absolute Gasteiger partial charge is 0.481 e. The lowest BCUT2D eigenvalue weighted by molar-refractivity contribution is -0.175. The summed E-state index contributed by atoms with van der Waals surface area (Å²) in [6, 6.07) is 0. The van der Waals surface area contributed by atoms with E-state index < -0.39 is 17.4 Å². The van der Waals surface area contributed by atoms with Gasteiger partial charge in [-0.2, -0.15) is 0 Å². The monoisotopic (exact) mass is 428 g/mol. The number of ether oxygens (including phenoxy) is 2. The zero-order chi connectivity index (χ0) is 22.0. The van der Waals surface area contributed by atoms with E-state index >= 15 is 0 Å². The van der Waals surface area contributed by atoms with E-state index in [0.29, 0.717) is 55.3 Å². The van der Waals surface area contributed by atoms with Crippen LogP contribution in [0.15, 0.2) is 36.0 Å². The summed E-state index contributed by atoms with van der Waals surface area (Å²) in [5.74, 6) is 0.634. The van der Waals surface area contributed by atoms with E-state index in [1.807, 2.05) is 0 Å². The van der Waals surface area contributed by atoms with Crippen molar-refractivity contribution in [1.82, 2.24) is 0 Å². The van der Waals surface area contributed by atoms with E-state index in [1.165, 1.54) is 11.1 Å². The first-order chi connectivity index (χ1) is 14.7. The van der Waals surface area contributed by atoms with E-state index in [1.54, 1.807) is 0 Å². The summed E-state index contributed by atoms with van der Waals surface area (Å²) in [6.07, 6.45) is 9.16. The number of rotatable bonds is 4. The smallest absolute Gasteiger partial charge is 0.303 e. The fourth-order valence-electron chi connectivity index (χ4n) is 8.08. The van der Waals surface area contributed by atoms with Gasteiger partial charge in [-0.1, -0.05) is 37.3 Å². The Bertz CT molecular complexity index is 837. The normalized spacial score (nSPS) is 43.2. The van der Waals surface area contributed by atoms with Crippen LogP contribution in [-0.2, 0) is 14.3 Å². The first-order valence-electron chi connectivity index (χ1n) is 12.0. The molecule has 0 unspecified atom stereocenters. The van der Waals surface area contributed by atoms with E-state index in [2.05, 4.69) is 26.2 Å². The molecule has 0 amide bonds. The predicted molar refractivity (Wildman–Crippen MR) is 117 cm³/mol. The van der Waals surface area contributed by atoms with Crippen LogP contribution < -0.4 is 0 Å². The van der Waals surface area contributed by atoms with E-state index in [9.17, 15) is 9.90 Å². The Morgan fingerprint density at radius 2 is 1.94 bits per heavy atom. The lowest BCUT2D eigenvalue weighted by Crippen LogP contribution is -2.54. The van der Waals surface area contributed by atoms with Crippen LogP contribution in [0, 0.1) is 29.1 Å². The molecule has 0 aromatic rings. The SMILES string of the molecule is C=C1C[C@@]2(C)[C@@H](CC[C@]2(O)C(=C)CCC(=O)O)[C@@H]2CC=C3CC4(CC[C@@H]3[C@@H]12)OCCO4. The fourth-order valence-corrected chi connectivity index (χ4v) is 8.08. The third-order valence-electron chi connectivity index (χ3n) is 9.53.